The molecule has 0 bridgehead atoms. The van der Waals surface area contributed by atoms with Crippen LogP contribution in [0.5, 0.6) is 0 Å². The summed E-state index contributed by atoms with van der Waals surface area (Å²) >= 11 is 1.24. The minimum absolute atomic E-state index is 0.260. The van der Waals surface area contributed by atoms with Gasteiger partial charge in [0, 0.05) is 0 Å². The molecule has 6 rings (SSSR count). The highest BCUT2D eigenvalue weighted by atomic mass is 32.2. The molecule has 5 aromatic carbocycles. The monoisotopic (exact) mass is 492 g/mol. The van der Waals surface area contributed by atoms with Gasteiger partial charge in [0.05, 0.1) is 16.3 Å². The van der Waals surface area contributed by atoms with E-state index in [2.05, 4.69) is 23.2 Å². The summed E-state index contributed by atoms with van der Waals surface area (Å²) < 4.78 is 27.1. The normalized spacial score (nSPS) is 16.1. The summed E-state index contributed by atoms with van der Waals surface area (Å²) in [6, 6.07) is 29.7. The molecule has 1 aliphatic heterocycles. The van der Waals surface area contributed by atoms with Gasteiger partial charge in [-0.15, -0.1) is 0 Å². The number of benzene rings is 5. The van der Waals surface area contributed by atoms with Gasteiger partial charge >= 0.3 is 0 Å². The number of amidine groups is 1. The van der Waals surface area contributed by atoms with Gasteiger partial charge in [-0.3, -0.25) is 9.69 Å². The summed E-state index contributed by atoms with van der Waals surface area (Å²) in [6.07, 6.45) is 1.90. The van der Waals surface area contributed by atoms with Crippen molar-refractivity contribution in [3.05, 3.63) is 125 Å². The average Bonchev–Trinajstić information content (AvgIpc) is 3.20. The number of carbonyl (C=O) groups is 1. The Hall–Kier alpha value is -4.29. The van der Waals surface area contributed by atoms with Crippen molar-refractivity contribution in [1.29, 1.82) is 0 Å². The molecule has 1 fully saturated rings. The van der Waals surface area contributed by atoms with Gasteiger partial charge in [-0.1, -0.05) is 48.5 Å². The quantitative estimate of drug-likeness (QED) is 0.188. The van der Waals surface area contributed by atoms with Crippen LogP contribution >= 0.6 is 11.8 Å². The van der Waals surface area contributed by atoms with E-state index in [-0.39, 0.29) is 11.7 Å². The van der Waals surface area contributed by atoms with Crippen LogP contribution in [0.1, 0.15) is 5.56 Å². The third-order valence-corrected chi connectivity index (χ3v) is 7.00. The molecule has 0 N–H and O–H groups in total. The molecule has 1 aliphatic rings. The highest BCUT2D eigenvalue weighted by molar-refractivity contribution is 8.19. The minimum atomic E-state index is -0.395. The second-order valence-electron chi connectivity index (χ2n) is 8.33. The van der Waals surface area contributed by atoms with Gasteiger partial charge in [-0.2, -0.15) is 0 Å². The van der Waals surface area contributed by atoms with E-state index >= 15 is 0 Å². The van der Waals surface area contributed by atoms with Gasteiger partial charge in [0.25, 0.3) is 5.91 Å². The van der Waals surface area contributed by atoms with Crippen LogP contribution in [-0.4, -0.2) is 11.1 Å². The first-order valence-corrected chi connectivity index (χ1v) is 12.1. The van der Waals surface area contributed by atoms with Crippen molar-refractivity contribution in [2.75, 3.05) is 4.90 Å². The van der Waals surface area contributed by atoms with E-state index < -0.39 is 5.82 Å². The number of thioether (sulfide) groups is 1. The number of hydrogen-bond acceptors (Lipinski definition) is 3. The first-order chi connectivity index (χ1) is 17.6. The number of halogens is 2. The van der Waals surface area contributed by atoms with Gasteiger partial charge in [0.15, 0.2) is 5.17 Å². The third-order valence-electron chi connectivity index (χ3n) is 6.03. The van der Waals surface area contributed by atoms with Crippen molar-refractivity contribution >= 4 is 61.8 Å². The number of nitrogens with zero attached hydrogens (tertiary/aromatic N) is 2. The zero-order valence-corrected chi connectivity index (χ0v) is 19.7. The van der Waals surface area contributed by atoms with Crippen molar-refractivity contribution in [3.8, 4) is 0 Å². The van der Waals surface area contributed by atoms with E-state index in [4.69, 9.17) is 0 Å². The predicted molar refractivity (Wildman–Crippen MR) is 144 cm³/mol. The van der Waals surface area contributed by atoms with Crippen LogP contribution in [0.3, 0.4) is 0 Å². The number of hydrogen-bond donors (Lipinski definition) is 0. The Morgan fingerprint density at radius 1 is 0.722 bits per heavy atom. The fourth-order valence-corrected chi connectivity index (χ4v) is 5.31. The van der Waals surface area contributed by atoms with Crippen LogP contribution in [0, 0.1) is 11.6 Å². The maximum absolute atomic E-state index is 13.7. The molecule has 1 heterocycles. The Morgan fingerprint density at radius 3 is 1.89 bits per heavy atom. The standard InChI is InChI=1S/C30H18F2N2OS/c31-21-9-13-23(14-10-21)33-30-34(24-15-11-22(32)12-16-24)29(35)28(36-30)18-27-25-7-3-1-5-19(25)17-20-6-2-4-8-26(20)27/h1-18H. The van der Waals surface area contributed by atoms with Crippen LogP contribution < -0.4 is 4.90 Å². The average molecular weight is 493 g/mol. The zero-order chi connectivity index (χ0) is 24.6. The summed E-state index contributed by atoms with van der Waals surface area (Å²) in [5, 5.41) is 4.64. The molecule has 0 saturated carbocycles. The molecule has 0 radical (unpaired) electrons. The maximum Gasteiger partial charge on any atom is 0.271 e. The molecule has 5 aromatic rings. The molecule has 174 valence electrons. The SMILES string of the molecule is O=C1C(=Cc2c3ccccc3cc3ccccc23)SC(=Nc2ccc(F)cc2)N1c1ccc(F)cc1. The maximum atomic E-state index is 13.7. The second kappa shape index (κ2) is 9.06. The molecule has 1 amide bonds. The van der Waals surface area contributed by atoms with Gasteiger partial charge in [0.1, 0.15) is 11.6 Å². The van der Waals surface area contributed by atoms with Crippen LogP contribution in [0.25, 0.3) is 27.6 Å². The minimum Gasteiger partial charge on any atom is -0.268 e. The number of rotatable bonds is 3. The highest BCUT2D eigenvalue weighted by Crippen LogP contribution is 2.39. The summed E-state index contributed by atoms with van der Waals surface area (Å²) in [5.41, 5.74) is 1.96. The van der Waals surface area contributed by atoms with E-state index in [0.717, 1.165) is 27.1 Å². The van der Waals surface area contributed by atoms with Gasteiger partial charge < -0.3 is 0 Å². The lowest BCUT2D eigenvalue weighted by Crippen LogP contribution is -2.28. The molecule has 36 heavy (non-hydrogen) atoms. The van der Waals surface area contributed by atoms with Gasteiger partial charge in [-0.25, -0.2) is 13.8 Å². The summed E-state index contributed by atoms with van der Waals surface area (Å²) in [5.74, 6) is -1.02. The van der Waals surface area contributed by atoms with Crippen LogP contribution in [-0.2, 0) is 4.79 Å². The number of carbonyl (C=O) groups excluding carboxylic acids is 1. The van der Waals surface area contributed by atoms with E-state index in [9.17, 15) is 13.6 Å². The molecule has 0 atom stereocenters. The molecular formula is C30H18F2N2OS. The van der Waals surface area contributed by atoms with Crippen molar-refractivity contribution < 1.29 is 13.6 Å². The van der Waals surface area contributed by atoms with E-state index in [0.29, 0.717) is 21.4 Å². The fourth-order valence-electron chi connectivity index (χ4n) is 4.33. The molecule has 0 unspecified atom stereocenters. The Bertz CT molecular complexity index is 1640. The van der Waals surface area contributed by atoms with Crippen molar-refractivity contribution in [2.24, 2.45) is 4.99 Å². The fraction of sp³-hybridized carbons (Fsp3) is 0. The lowest BCUT2D eigenvalue weighted by molar-refractivity contribution is -0.113. The van der Waals surface area contributed by atoms with Gasteiger partial charge in [-0.05, 0) is 99.5 Å². The molecule has 1 saturated heterocycles. The number of fused-ring (bicyclic) bond motifs is 2. The Kier molecular flexibility index (Phi) is 5.58. The number of aliphatic imine (C=N–C) groups is 1. The topological polar surface area (TPSA) is 32.7 Å². The Balaban J connectivity index is 1.53. The largest absolute Gasteiger partial charge is 0.271 e. The lowest BCUT2D eigenvalue weighted by Gasteiger charge is -2.15. The summed E-state index contributed by atoms with van der Waals surface area (Å²) in [4.78, 5) is 20.3. The van der Waals surface area contributed by atoms with Crippen LogP contribution in [0.4, 0.5) is 20.2 Å². The first kappa shape index (κ1) is 22.2. The molecule has 6 heteroatoms. The summed E-state index contributed by atoms with van der Waals surface area (Å²) in [7, 11) is 0. The molecule has 0 aromatic heterocycles. The van der Waals surface area contributed by atoms with Crippen molar-refractivity contribution in [1.82, 2.24) is 0 Å². The number of anilines is 1. The van der Waals surface area contributed by atoms with E-state index in [1.54, 1.807) is 24.3 Å². The van der Waals surface area contributed by atoms with E-state index in [1.165, 1.54) is 40.9 Å². The molecular weight excluding hydrogens is 474 g/mol. The zero-order valence-electron chi connectivity index (χ0n) is 18.9. The molecule has 3 nitrogen and oxygen atoms in total. The second-order valence-corrected chi connectivity index (χ2v) is 9.34. The van der Waals surface area contributed by atoms with E-state index in [1.807, 2.05) is 42.5 Å². The number of amides is 1. The van der Waals surface area contributed by atoms with Crippen LogP contribution in [0.2, 0.25) is 0 Å². The lowest BCUT2D eigenvalue weighted by atomic mass is 9.96. The smallest absolute Gasteiger partial charge is 0.268 e. The Labute approximate surface area is 210 Å². The molecule has 0 spiro atoms. The van der Waals surface area contributed by atoms with Crippen LogP contribution in [0.15, 0.2) is 113 Å². The Morgan fingerprint density at radius 2 is 1.28 bits per heavy atom. The third kappa shape index (κ3) is 4.06. The first-order valence-electron chi connectivity index (χ1n) is 11.3. The van der Waals surface area contributed by atoms with Crippen molar-refractivity contribution in [2.45, 2.75) is 0 Å². The molecule has 0 aliphatic carbocycles. The van der Waals surface area contributed by atoms with Crippen molar-refractivity contribution in [3.63, 3.8) is 0 Å². The summed E-state index contributed by atoms with van der Waals surface area (Å²) in [6.45, 7) is 0. The highest BCUT2D eigenvalue weighted by Gasteiger charge is 2.35. The predicted octanol–water partition coefficient (Wildman–Crippen LogP) is 8.08. The van der Waals surface area contributed by atoms with Gasteiger partial charge in [0.2, 0.25) is 0 Å².